The summed E-state index contributed by atoms with van der Waals surface area (Å²) in [5.41, 5.74) is 0.371. The van der Waals surface area contributed by atoms with Crippen molar-refractivity contribution in [2.24, 2.45) is 11.1 Å². The smallest absolute Gasteiger partial charge is 0.251 e. The van der Waals surface area contributed by atoms with Gasteiger partial charge in [0.05, 0.1) is 10.9 Å². The van der Waals surface area contributed by atoms with E-state index < -0.39 is 10.0 Å². The SMILES string of the molecule is CCn1ncnc1C(NC(=O)c1ccc(S(N)(=O)=O)cc1)C1CC1. The fourth-order valence-corrected chi connectivity index (χ4v) is 3.12. The summed E-state index contributed by atoms with van der Waals surface area (Å²) in [6, 6.07) is 5.35. The Labute approximate surface area is 140 Å². The first kappa shape index (κ1) is 16.6. The molecule has 8 nitrogen and oxygen atoms in total. The minimum absolute atomic E-state index is 0.0245. The lowest BCUT2D eigenvalue weighted by molar-refractivity contribution is 0.0928. The van der Waals surface area contributed by atoms with Crippen LogP contribution in [0.2, 0.25) is 0 Å². The van der Waals surface area contributed by atoms with Crippen LogP contribution in [0.4, 0.5) is 0 Å². The molecule has 1 aliphatic rings. The number of nitrogens with two attached hydrogens (primary N) is 1. The molecule has 1 unspecified atom stereocenters. The van der Waals surface area contributed by atoms with E-state index in [0.717, 1.165) is 18.7 Å². The molecule has 1 heterocycles. The van der Waals surface area contributed by atoms with Crippen LogP contribution >= 0.6 is 0 Å². The summed E-state index contributed by atoms with van der Waals surface area (Å²) in [7, 11) is -3.77. The fraction of sp³-hybridized carbons (Fsp3) is 0.400. The third-order valence-corrected chi connectivity index (χ3v) is 4.98. The molecule has 0 bridgehead atoms. The van der Waals surface area contributed by atoms with Gasteiger partial charge in [0.15, 0.2) is 0 Å². The molecule has 0 spiro atoms. The van der Waals surface area contributed by atoms with E-state index in [4.69, 9.17) is 5.14 Å². The van der Waals surface area contributed by atoms with Crippen LogP contribution in [-0.4, -0.2) is 29.1 Å². The molecule has 1 aromatic carbocycles. The molecule has 3 N–H and O–H groups in total. The van der Waals surface area contributed by atoms with Crippen molar-refractivity contribution in [1.82, 2.24) is 20.1 Å². The van der Waals surface area contributed by atoms with Gasteiger partial charge in [0.2, 0.25) is 10.0 Å². The highest BCUT2D eigenvalue weighted by Crippen LogP contribution is 2.40. The van der Waals surface area contributed by atoms with Gasteiger partial charge in [-0.15, -0.1) is 0 Å². The average Bonchev–Trinajstić information content (AvgIpc) is 3.28. The van der Waals surface area contributed by atoms with Gasteiger partial charge in [-0.3, -0.25) is 4.79 Å². The fourth-order valence-electron chi connectivity index (χ4n) is 2.60. The van der Waals surface area contributed by atoms with Crippen molar-refractivity contribution in [1.29, 1.82) is 0 Å². The molecule has 24 heavy (non-hydrogen) atoms. The van der Waals surface area contributed by atoms with E-state index in [1.54, 1.807) is 4.68 Å². The number of aryl methyl sites for hydroxylation is 1. The van der Waals surface area contributed by atoms with Gasteiger partial charge in [0.1, 0.15) is 12.2 Å². The van der Waals surface area contributed by atoms with Gasteiger partial charge < -0.3 is 5.32 Å². The highest BCUT2D eigenvalue weighted by molar-refractivity contribution is 7.89. The molecule has 1 aliphatic carbocycles. The third-order valence-electron chi connectivity index (χ3n) is 4.05. The lowest BCUT2D eigenvalue weighted by Gasteiger charge is -2.18. The Kier molecular flexibility index (Phi) is 4.37. The van der Waals surface area contributed by atoms with Crippen LogP contribution in [0.1, 0.15) is 42.0 Å². The number of aromatic nitrogens is 3. The topological polar surface area (TPSA) is 120 Å². The standard InChI is InChI=1S/C15H19N5O3S/c1-2-20-14(17-9-18-20)13(10-3-4-10)19-15(21)11-5-7-12(8-6-11)24(16,22)23/h5-10,13H,2-4H2,1H3,(H,19,21)(H2,16,22,23). The van der Waals surface area contributed by atoms with Crippen molar-refractivity contribution in [2.45, 2.75) is 37.2 Å². The van der Waals surface area contributed by atoms with Crippen LogP contribution in [0.25, 0.3) is 0 Å². The van der Waals surface area contributed by atoms with Crippen molar-refractivity contribution in [3.63, 3.8) is 0 Å². The maximum Gasteiger partial charge on any atom is 0.251 e. The van der Waals surface area contributed by atoms with E-state index in [9.17, 15) is 13.2 Å². The molecule has 1 aromatic heterocycles. The first-order chi connectivity index (χ1) is 11.4. The predicted molar refractivity (Wildman–Crippen MR) is 86.4 cm³/mol. The third kappa shape index (κ3) is 3.46. The predicted octanol–water partition coefficient (Wildman–Crippen LogP) is 0.827. The molecule has 1 amide bonds. The quantitative estimate of drug-likeness (QED) is 0.800. The van der Waals surface area contributed by atoms with E-state index in [0.29, 0.717) is 18.0 Å². The van der Waals surface area contributed by atoms with Crippen LogP contribution < -0.4 is 10.5 Å². The van der Waals surface area contributed by atoms with Crippen molar-refractivity contribution in [3.05, 3.63) is 42.0 Å². The van der Waals surface area contributed by atoms with Crippen molar-refractivity contribution < 1.29 is 13.2 Å². The summed E-state index contributed by atoms with van der Waals surface area (Å²) < 4.78 is 24.3. The second-order valence-corrected chi connectivity index (χ2v) is 7.35. The molecule has 0 aliphatic heterocycles. The number of hydrogen-bond acceptors (Lipinski definition) is 5. The maximum absolute atomic E-state index is 12.5. The number of nitrogens with zero attached hydrogens (tertiary/aromatic N) is 3. The number of carbonyl (C=O) groups excluding carboxylic acids is 1. The van der Waals surface area contributed by atoms with Gasteiger partial charge in [0.25, 0.3) is 5.91 Å². The molecule has 0 radical (unpaired) electrons. The number of sulfonamides is 1. The number of carbonyl (C=O) groups is 1. The Morgan fingerprint density at radius 1 is 1.38 bits per heavy atom. The largest absolute Gasteiger partial charge is 0.342 e. The summed E-state index contributed by atoms with van der Waals surface area (Å²) in [6.07, 6.45) is 3.55. The Morgan fingerprint density at radius 2 is 2.04 bits per heavy atom. The van der Waals surface area contributed by atoms with E-state index in [1.807, 2.05) is 6.92 Å². The molecule has 9 heteroatoms. The van der Waals surface area contributed by atoms with Crippen LogP contribution in [0, 0.1) is 5.92 Å². The normalized spacial score (nSPS) is 15.9. The van der Waals surface area contributed by atoms with Crippen LogP contribution in [0.5, 0.6) is 0 Å². The summed E-state index contributed by atoms with van der Waals surface area (Å²) in [4.78, 5) is 16.8. The van der Waals surface area contributed by atoms with Gasteiger partial charge >= 0.3 is 0 Å². The summed E-state index contributed by atoms with van der Waals surface area (Å²) >= 11 is 0. The minimum atomic E-state index is -3.77. The maximum atomic E-state index is 12.5. The molecular formula is C15H19N5O3S. The van der Waals surface area contributed by atoms with E-state index in [1.165, 1.54) is 30.6 Å². The van der Waals surface area contributed by atoms with E-state index >= 15 is 0 Å². The molecule has 3 rings (SSSR count). The van der Waals surface area contributed by atoms with Gasteiger partial charge in [-0.05, 0) is 49.9 Å². The van der Waals surface area contributed by atoms with Crippen LogP contribution in [0.15, 0.2) is 35.5 Å². The van der Waals surface area contributed by atoms with Gasteiger partial charge in [0, 0.05) is 12.1 Å². The molecule has 0 saturated heterocycles. The summed E-state index contributed by atoms with van der Waals surface area (Å²) in [5.74, 6) is 0.820. The molecular weight excluding hydrogens is 330 g/mol. The Balaban J connectivity index is 1.79. The van der Waals surface area contributed by atoms with Gasteiger partial charge in [-0.1, -0.05) is 0 Å². The van der Waals surface area contributed by atoms with E-state index in [-0.39, 0.29) is 16.8 Å². The Morgan fingerprint density at radius 3 is 2.58 bits per heavy atom. The number of nitrogens with one attached hydrogen (secondary N) is 1. The zero-order valence-electron chi connectivity index (χ0n) is 13.2. The van der Waals surface area contributed by atoms with Crippen molar-refractivity contribution in [3.8, 4) is 0 Å². The van der Waals surface area contributed by atoms with Crippen molar-refractivity contribution in [2.75, 3.05) is 0 Å². The van der Waals surface area contributed by atoms with Gasteiger partial charge in [-0.25, -0.2) is 23.2 Å². The number of rotatable bonds is 6. The summed E-state index contributed by atoms with van der Waals surface area (Å²) in [6.45, 7) is 2.65. The Bertz CT molecular complexity index is 840. The lowest BCUT2D eigenvalue weighted by Crippen LogP contribution is -2.32. The number of primary sulfonamides is 1. The average molecular weight is 349 g/mol. The number of hydrogen-bond donors (Lipinski definition) is 2. The number of benzene rings is 1. The molecule has 2 aromatic rings. The van der Waals surface area contributed by atoms with Gasteiger partial charge in [-0.2, -0.15) is 5.10 Å². The Hall–Kier alpha value is -2.26. The first-order valence-electron chi connectivity index (χ1n) is 7.71. The second kappa shape index (κ2) is 6.33. The van der Waals surface area contributed by atoms with Crippen molar-refractivity contribution >= 4 is 15.9 Å². The second-order valence-electron chi connectivity index (χ2n) is 5.79. The monoisotopic (exact) mass is 349 g/mol. The van der Waals surface area contributed by atoms with Crippen LogP contribution in [0.3, 0.4) is 0 Å². The summed E-state index contributed by atoms with van der Waals surface area (Å²) in [5, 5.41) is 12.2. The van der Waals surface area contributed by atoms with E-state index in [2.05, 4.69) is 15.4 Å². The molecule has 128 valence electrons. The molecule has 1 saturated carbocycles. The van der Waals surface area contributed by atoms with Crippen LogP contribution in [-0.2, 0) is 16.6 Å². The molecule has 1 atom stereocenters. The zero-order valence-corrected chi connectivity index (χ0v) is 14.0. The highest BCUT2D eigenvalue weighted by Gasteiger charge is 2.36. The highest BCUT2D eigenvalue weighted by atomic mass is 32.2. The zero-order chi connectivity index (χ0) is 17.3. The first-order valence-corrected chi connectivity index (χ1v) is 9.26. The minimum Gasteiger partial charge on any atom is -0.342 e. The number of amides is 1. The lowest BCUT2D eigenvalue weighted by atomic mass is 10.1. The molecule has 1 fully saturated rings.